The molecule has 0 rings (SSSR count). The molecule has 10 heteroatoms. The fourth-order valence-corrected chi connectivity index (χ4v) is 9.01. The number of nitrogens with two attached hydrogens (primary N) is 1. The summed E-state index contributed by atoms with van der Waals surface area (Å²) in [5.41, 5.74) is 5.38. The van der Waals surface area contributed by atoms with E-state index >= 15 is 0 Å². The third-order valence-corrected chi connectivity index (χ3v) is 13.6. The van der Waals surface area contributed by atoms with Gasteiger partial charge in [-0.2, -0.15) is 0 Å². The van der Waals surface area contributed by atoms with Gasteiger partial charge >= 0.3 is 19.8 Å². The quantitative estimate of drug-likeness (QED) is 0.0264. The van der Waals surface area contributed by atoms with Crippen LogP contribution in [-0.2, 0) is 32.7 Å². The van der Waals surface area contributed by atoms with E-state index in [1.165, 1.54) is 116 Å². The molecular formula is C65H112NO8P. The number of esters is 2. The molecule has 0 bridgehead atoms. The molecule has 430 valence electrons. The maximum Gasteiger partial charge on any atom is 0.472 e. The molecule has 0 aliphatic rings. The SMILES string of the molecule is CC/C=C\C/C=C\C/C=C\C/C=C\C/C=C\C/C=C\CCCCCCCCCCCCCCCCCCCCC(=O)OC(COC(=O)CCCCCCCCC/C=C\C/C=C\C/C=C\CC)COP(=O)(O)OCCN. The summed E-state index contributed by atoms with van der Waals surface area (Å²) in [6.45, 7) is 3.52. The predicted octanol–water partition coefficient (Wildman–Crippen LogP) is 19.4. The molecule has 0 saturated heterocycles. The van der Waals surface area contributed by atoms with Crippen LogP contribution in [-0.4, -0.2) is 49.3 Å². The second kappa shape index (κ2) is 59.9. The molecular weight excluding hydrogens is 954 g/mol. The minimum Gasteiger partial charge on any atom is -0.462 e. The van der Waals surface area contributed by atoms with E-state index in [2.05, 4.69) is 123 Å². The standard InChI is InChI=1S/C65H112NO8P/c1-3-5-7-9-11-13-15-17-19-21-22-23-24-25-26-27-28-29-30-31-32-33-34-35-36-37-38-39-40-42-44-46-48-50-52-54-56-58-65(68)74-63(62-73-75(69,70)72-60-59-66)61-71-64(67)57-55-53-51-49-47-45-43-41-20-18-16-14-12-10-8-6-4-2/h5-8,11-14,17-20,22-23,25-26,28-29,63H,3-4,9-10,15-16,21,24,27,30-62,66H2,1-2H3,(H,69,70)/b7-5-,8-6-,13-11-,14-12-,19-17-,20-18-,23-22-,26-25-,29-28-. The molecule has 2 atom stereocenters. The minimum atomic E-state index is -4.39. The van der Waals surface area contributed by atoms with Crippen molar-refractivity contribution in [1.82, 2.24) is 0 Å². The Balaban J connectivity index is 3.88. The zero-order valence-corrected chi connectivity index (χ0v) is 48.9. The lowest BCUT2D eigenvalue weighted by Gasteiger charge is -2.19. The van der Waals surface area contributed by atoms with Crippen LogP contribution >= 0.6 is 7.82 Å². The fourth-order valence-electron chi connectivity index (χ4n) is 8.24. The number of hydrogen-bond donors (Lipinski definition) is 2. The topological polar surface area (TPSA) is 134 Å². The molecule has 0 spiro atoms. The van der Waals surface area contributed by atoms with Gasteiger partial charge in [-0.25, -0.2) is 4.57 Å². The van der Waals surface area contributed by atoms with Gasteiger partial charge in [0.25, 0.3) is 0 Å². The van der Waals surface area contributed by atoms with Crippen LogP contribution in [0, 0.1) is 0 Å². The normalized spacial score (nSPS) is 13.8. The van der Waals surface area contributed by atoms with Crippen LogP contribution in [0.15, 0.2) is 109 Å². The number of phosphoric ester groups is 1. The Labute approximate surface area is 460 Å². The number of carbonyl (C=O) groups excluding carboxylic acids is 2. The van der Waals surface area contributed by atoms with Crippen LogP contribution in [0.3, 0.4) is 0 Å². The molecule has 0 aliphatic heterocycles. The highest BCUT2D eigenvalue weighted by Gasteiger charge is 2.26. The molecule has 0 radical (unpaired) electrons. The summed E-state index contributed by atoms with van der Waals surface area (Å²) in [5.74, 6) is -0.837. The highest BCUT2D eigenvalue weighted by Crippen LogP contribution is 2.43. The van der Waals surface area contributed by atoms with Gasteiger partial charge in [0.15, 0.2) is 6.10 Å². The lowest BCUT2D eigenvalue weighted by atomic mass is 10.0. The number of unbranched alkanes of at least 4 members (excludes halogenated alkanes) is 25. The zero-order valence-electron chi connectivity index (χ0n) is 48.0. The maximum absolute atomic E-state index is 12.7. The Morgan fingerprint density at radius 3 is 1.03 bits per heavy atom. The van der Waals surface area contributed by atoms with Crippen LogP contribution in [0.25, 0.3) is 0 Å². The van der Waals surface area contributed by atoms with Gasteiger partial charge in [0, 0.05) is 19.4 Å². The van der Waals surface area contributed by atoms with Gasteiger partial charge in [-0.1, -0.05) is 258 Å². The van der Waals surface area contributed by atoms with E-state index < -0.39 is 32.5 Å². The summed E-state index contributed by atoms with van der Waals surface area (Å²) in [6.07, 6.45) is 81.6. The van der Waals surface area contributed by atoms with Gasteiger partial charge in [0.05, 0.1) is 13.2 Å². The lowest BCUT2D eigenvalue weighted by molar-refractivity contribution is -0.161. The Kier molecular flexibility index (Phi) is 57.2. The van der Waals surface area contributed by atoms with Gasteiger partial charge < -0.3 is 20.1 Å². The number of hydrogen-bond acceptors (Lipinski definition) is 8. The van der Waals surface area contributed by atoms with E-state index in [0.29, 0.717) is 6.42 Å². The van der Waals surface area contributed by atoms with Crippen molar-refractivity contribution < 1.29 is 37.6 Å². The summed E-state index contributed by atoms with van der Waals surface area (Å²) < 4.78 is 33.0. The molecule has 3 N–H and O–H groups in total. The predicted molar refractivity (Wildman–Crippen MR) is 321 cm³/mol. The van der Waals surface area contributed by atoms with Crippen molar-refractivity contribution in [2.45, 2.75) is 264 Å². The summed E-state index contributed by atoms with van der Waals surface area (Å²) >= 11 is 0. The Hall–Kier alpha value is -3.33. The van der Waals surface area contributed by atoms with E-state index in [1.54, 1.807) is 0 Å². The molecule has 2 unspecified atom stereocenters. The van der Waals surface area contributed by atoms with Crippen molar-refractivity contribution >= 4 is 19.8 Å². The first kappa shape index (κ1) is 71.7. The van der Waals surface area contributed by atoms with Crippen molar-refractivity contribution in [3.05, 3.63) is 109 Å². The highest BCUT2D eigenvalue weighted by molar-refractivity contribution is 7.47. The molecule has 0 saturated carbocycles. The maximum atomic E-state index is 12.7. The number of ether oxygens (including phenoxy) is 2. The van der Waals surface area contributed by atoms with E-state index in [4.69, 9.17) is 24.3 Å². The molecule has 0 aromatic carbocycles. The summed E-state index contributed by atoms with van der Waals surface area (Å²) in [6, 6.07) is 0. The van der Waals surface area contributed by atoms with E-state index in [-0.39, 0.29) is 32.6 Å². The van der Waals surface area contributed by atoms with Crippen LogP contribution in [0.4, 0.5) is 0 Å². The minimum absolute atomic E-state index is 0.0486. The molecule has 75 heavy (non-hydrogen) atoms. The number of phosphoric acid groups is 1. The largest absolute Gasteiger partial charge is 0.472 e. The van der Waals surface area contributed by atoms with Crippen LogP contribution in [0.1, 0.15) is 258 Å². The van der Waals surface area contributed by atoms with Crippen LogP contribution in [0.2, 0.25) is 0 Å². The number of carbonyl (C=O) groups is 2. The zero-order chi connectivity index (χ0) is 54.5. The van der Waals surface area contributed by atoms with Gasteiger partial charge in [0.1, 0.15) is 6.61 Å². The van der Waals surface area contributed by atoms with E-state index in [0.717, 1.165) is 109 Å². The monoisotopic (exact) mass is 1070 g/mol. The van der Waals surface area contributed by atoms with Gasteiger partial charge in [-0.15, -0.1) is 0 Å². The fraction of sp³-hybridized carbons (Fsp3) is 0.692. The first-order valence-corrected chi connectivity index (χ1v) is 31.9. The molecule has 0 aromatic heterocycles. The van der Waals surface area contributed by atoms with Gasteiger partial charge in [0.2, 0.25) is 0 Å². The van der Waals surface area contributed by atoms with Crippen LogP contribution in [0.5, 0.6) is 0 Å². The lowest BCUT2D eigenvalue weighted by Crippen LogP contribution is -2.29. The van der Waals surface area contributed by atoms with Gasteiger partial charge in [-0.3, -0.25) is 18.6 Å². The molecule has 0 aliphatic carbocycles. The first-order chi connectivity index (χ1) is 36.8. The first-order valence-electron chi connectivity index (χ1n) is 30.4. The summed E-state index contributed by atoms with van der Waals surface area (Å²) in [7, 11) is -4.39. The van der Waals surface area contributed by atoms with Gasteiger partial charge in [-0.05, 0) is 96.3 Å². The van der Waals surface area contributed by atoms with Crippen molar-refractivity contribution in [1.29, 1.82) is 0 Å². The van der Waals surface area contributed by atoms with Crippen LogP contribution < -0.4 is 5.73 Å². The molecule has 0 aromatic rings. The average Bonchev–Trinajstić information content (AvgIpc) is 3.40. The molecule has 9 nitrogen and oxygen atoms in total. The summed E-state index contributed by atoms with van der Waals surface area (Å²) in [5, 5.41) is 0. The highest BCUT2D eigenvalue weighted by atomic mass is 31.2. The third kappa shape index (κ3) is 59.8. The average molecular weight is 1070 g/mol. The Bertz CT molecular complexity index is 1590. The second-order valence-electron chi connectivity index (χ2n) is 19.8. The number of rotatable bonds is 56. The Morgan fingerprint density at radius 1 is 0.400 bits per heavy atom. The van der Waals surface area contributed by atoms with E-state index in [9.17, 15) is 19.0 Å². The summed E-state index contributed by atoms with van der Waals surface area (Å²) in [4.78, 5) is 35.2. The molecule has 0 amide bonds. The third-order valence-electron chi connectivity index (χ3n) is 12.7. The van der Waals surface area contributed by atoms with Crippen molar-refractivity contribution in [3.8, 4) is 0 Å². The smallest absolute Gasteiger partial charge is 0.462 e. The number of allylic oxidation sites excluding steroid dienone is 18. The Morgan fingerprint density at radius 2 is 0.693 bits per heavy atom. The van der Waals surface area contributed by atoms with Crippen molar-refractivity contribution in [2.24, 2.45) is 5.73 Å². The van der Waals surface area contributed by atoms with Crippen molar-refractivity contribution in [3.63, 3.8) is 0 Å². The second-order valence-corrected chi connectivity index (χ2v) is 21.3. The molecule has 0 fully saturated rings. The van der Waals surface area contributed by atoms with Crippen molar-refractivity contribution in [2.75, 3.05) is 26.4 Å². The molecule has 0 heterocycles. The van der Waals surface area contributed by atoms with E-state index in [1.807, 2.05) is 0 Å².